The summed E-state index contributed by atoms with van der Waals surface area (Å²) in [5, 5.41) is 0.409. The number of aryl methyl sites for hydroxylation is 1. The number of nitrogens with two attached hydrogens (primary N) is 1. The zero-order valence-corrected chi connectivity index (χ0v) is 24.3. The number of halogens is 1. The lowest BCUT2D eigenvalue weighted by molar-refractivity contribution is 0.177. The van der Waals surface area contributed by atoms with E-state index in [1.807, 2.05) is 44.4 Å². The fourth-order valence-corrected chi connectivity index (χ4v) is 7.29. The van der Waals surface area contributed by atoms with Crippen LogP contribution in [0.1, 0.15) is 56.5 Å². The molecular formula is C29H34ClN7OS. The van der Waals surface area contributed by atoms with E-state index in [0.717, 1.165) is 60.8 Å². The molecular weight excluding hydrogens is 530 g/mol. The number of anilines is 2. The summed E-state index contributed by atoms with van der Waals surface area (Å²) in [5.74, 6) is 1.16. The number of nitrogens with one attached hydrogen (secondary N) is 1. The van der Waals surface area contributed by atoms with E-state index >= 15 is 0 Å². The molecule has 3 N–H and O–H groups in total. The van der Waals surface area contributed by atoms with Crippen LogP contribution in [0.2, 0.25) is 5.02 Å². The molecule has 4 heterocycles. The standard InChI is InChI=1S/C29H34ClN7OS/c1-18-22(21-9-12-32-25(31)23(21)30)26-33-13-16-37(26)27(34-18)36-14-10-29(11-15-36)17-19-7-5-6-8-20(19)24(29)35-39(38)28(2,3)4/h5-9,12-13,16,24,35H,10-11,14-15,17H2,1-4H3,(H2,31,32)/t24-,39-/m1/s1. The minimum atomic E-state index is -1.16. The van der Waals surface area contributed by atoms with Crippen LogP contribution in [-0.2, 0) is 17.4 Å². The molecule has 1 aromatic carbocycles. The number of nitrogens with zero attached hydrogens (tertiary/aromatic N) is 5. The second-order valence-corrected chi connectivity index (χ2v) is 14.1. The van der Waals surface area contributed by atoms with Gasteiger partial charge in [-0.3, -0.25) is 4.40 Å². The summed E-state index contributed by atoms with van der Waals surface area (Å²) >= 11 is 6.55. The second kappa shape index (κ2) is 9.57. The van der Waals surface area contributed by atoms with E-state index in [-0.39, 0.29) is 22.0 Å². The Morgan fingerprint density at radius 1 is 1.13 bits per heavy atom. The Morgan fingerprint density at radius 3 is 2.62 bits per heavy atom. The van der Waals surface area contributed by atoms with Crippen molar-refractivity contribution in [1.82, 2.24) is 24.1 Å². The molecule has 6 rings (SSSR count). The highest BCUT2D eigenvalue weighted by atomic mass is 35.5. The number of hydrogen-bond acceptors (Lipinski definition) is 6. The van der Waals surface area contributed by atoms with E-state index in [9.17, 15) is 4.21 Å². The van der Waals surface area contributed by atoms with Crippen LogP contribution >= 0.6 is 11.6 Å². The lowest BCUT2D eigenvalue weighted by Gasteiger charge is -2.44. The van der Waals surface area contributed by atoms with Gasteiger partial charge in [0, 0.05) is 42.8 Å². The normalized spacial score (nSPS) is 19.5. The molecule has 1 saturated heterocycles. The SMILES string of the molecule is Cc1nc(N2CCC3(CC2)Cc2ccccc2[C@H]3N[S@](=O)C(C)(C)C)n2ccnc2c1-c1ccnc(N)c1Cl. The minimum Gasteiger partial charge on any atom is -0.382 e. The number of benzene rings is 1. The van der Waals surface area contributed by atoms with Crippen molar-refractivity contribution in [3.63, 3.8) is 0 Å². The molecule has 0 bridgehead atoms. The van der Waals surface area contributed by atoms with Crippen molar-refractivity contribution < 1.29 is 4.21 Å². The van der Waals surface area contributed by atoms with Gasteiger partial charge in [-0.15, -0.1) is 0 Å². The fraction of sp³-hybridized carbons (Fsp3) is 0.414. The average Bonchev–Trinajstić information content (AvgIpc) is 3.49. The Balaban J connectivity index is 1.32. The topological polar surface area (TPSA) is 101 Å². The maximum Gasteiger partial charge on any atom is 0.211 e. The summed E-state index contributed by atoms with van der Waals surface area (Å²) in [6.07, 6.45) is 8.32. The summed E-state index contributed by atoms with van der Waals surface area (Å²) < 4.78 is 18.5. The molecule has 3 aromatic heterocycles. The van der Waals surface area contributed by atoms with E-state index in [4.69, 9.17) is 22.3 Å². The molecule has 1 fully saturated rings. The molecule has 0 radical (unpaired) electrons. The Hall–Kier alpha value is -3.01. The monoisotopic (exact) mass is 563 g/mol. The van der Waals surface area contributed by atoms with Crippen LogP contribution in [0.4, 0.5) is 11.8 Å². The zero-order chi connectivity index (χ0) is 27.5. The molecule has 1 aliphatic heterocycles. The molecule has 8 nitrogen and oxygen atoms in total. The lowest BCUT2D eigenvalue weighted by Crippen LogP contribution is -2.48. The maximum atomic E-state index is 13.2. The second-order valence-electron chi connectivity index (χ2n) is 11.7. The van der Waals surface area contributed by atoms with Crippen molar-refractivity contribution in [3.05, 3.63) is 70.8 Å². The van der Waals surface area contributed by atoms with Gasteiger partial charge >= 0.3 is 0 Å². The highest BCUT2D eigenvalue weighted by Gasteiger charge is 2.49. The van der Waals surface area contributed by atoms with Gasteiger partial charge < -0.3 is 10.6 Å². The Labute approximate surface area is 236 Å². The lowest BCUT2D eigenvalue weighted by atomic mass is 9.73. The summed E-state index contributed by atoms with van der Waals surface area (Å²) in [4.78, 5) is 16.2. The first kappa shape index (κ1) is 26.2. The van der Waals surface area contributed by atoms with Crippen molar-refractivity contribution in [2.75, 3.05) is 23.7 Å². The first-order valence-corrected chi connectivity index (χ1v) is 14.9. The highest BCUT2D eigenvalue weighted by Crippen LogP contribution is 2.52. The number of nitrogen functional groups attached to an aromatic ring is 1. The average molecular weight is 564 g/mol. The Bertz CT molecular complexity index is 1590. The van der Waals surface area contributed by atoms with Crippen LogP contribution in [0.5, 0.6) is 0 Å². The van der Waals surface area contributed by atoms with Crippen molar-refractivity contribution in [2.24, 2.45) is 5.41 Å². The minimum absolute atomic E-state index is 0.00618. The maximum absolute atomic E-state index is 13.2. The van der Waals surface area contributed by atoms with Gasteiger partial charge in [0.25, 0.3) is 0 Å². The smallest absolute Gasteiger partial charge is 0.211 e. The third-order valence-corrected chi connectivity index (χ3v) is 10.2. The molecule has 0 unspecified atom stereocenters. The fourth-order valence-electron chi connectivity index (χ4n) is 6.14. The first-order chi connectivity index (χ1) is 18.6. The number of pyridine rings is 1. The number of fused-ring (bicyclic) bond motifs is 2. The van der Waals surface area contributed by atoms with E-state index in [1.165, 1.54) is 11.1 Å². The van der Waals surface area contributed by atoms with Gasteiger partial charge in [0.05, 0.1) is 32.5 Å². The number of piperidine rings is 1. The van der Waals surface area contributed by atoms with Gasteiger partial charge in [-0.05, 0) is 69.6 Å². The summed E-state index contributed by atoms with van der Waals surface area (Å²) in [6.45, 7) is 9.74. The van der Waals surface area contributed by atoms with Crippen LogP contribution in [-0.4, -0.2) is 41.4 Å². The van der Waals surface area contributed by atoms with E-state index in [2.05, 4.69) is 43.9 Å². The van der Waals surface area contributed by atoms with Gasteiger partial charge in [-0.2, -0.15) is 0 Å². The predicted molar refractivity (Wildman–Crippen MR) is 158 cm³/mol. The first-order valence-electron chi connectivity index (χ1n) is 13.3. The highest BCUT2D eigenvalue weighted by molar-refractivity contribution is 7.84. The number of hydrogen-bond donors (Lipinski definition) is 2. The van der Waals surface area contributed by atoms with Gasteiger partial charge in [0.1, 0.15) is 11.5 Å². The van der Waals surface area contributed by atoms with Crippen molar-refractivity contribution >= 4 is 40.0 Å². The van der Waals surface area contributed by atoms with Crippen LogP contribution in [0, 0.1) is 12.3 Å². The molecule has 4 aromatic rings. The van der Waals surface area contributed by atoms with Gasteiger partial charge in [-0.25, -0.2) is 23.9 Å². The third-order valence-electron chi connectivity index (χ3n) is 8.24. The molecule has 39 heavy (non-hydrogen) atoms. The predicted octanol–water partition coefficient (Wildman–Crippen LogP) is 5.27. The van der Waals surface area contributed by atoms with Gasteiger partial charge in [0.2, 0.25) is 5.95 Å². The molecule has 204 valence electrons. The molecule has 0 saturated carbocycles. The summed E-state index contributed by atoms with van der Waals surface area (Å²) in [5.41, 5.74) is 11.9. The largest absolute Gasteiger partial charge is 0.382 e. The van der Waals surface area contributed by atoms with E-state index < -0.39 is 11.0 Å². The van der Waals surface area contributed by atoms with Crippen molar-refractivity contribution in [2.45, 2.75) is 57.7 Å². The van der Waals surface area contributed by atoms with Crippen LogP contribution < -0.4 is 15.4 Å². The molecule has 0 amide bonds. The van der Waals surface area contributed by atoms with E-state index in [0.29, 0.717) is 5.02 Å². The summed E-state index contributed by atoms with van der Waals surface area (Å²) in [7, 11) is -1.16. The number of imidazole rings is 1. The van der Waals surface area contributed by atoms with Crippen LogP contribution in [0.3, 0.4) is 0 Å². The molecule has 2 aliphatic rings. The van der Waals surface area contributed by atoms with E-state index in [1.54, 1.807) is 12.4 Å². The Morgan fingerprint density at radius 2 is 1.87 bits per heavy atom. The quantitative estimate of drug-likeness (QED) is 0.351. The Kier molecular flexibility index (Phi) is 6.44. The van der Waals surface area contributed by atoms with Crippen LogP contribution in [0.25, 0.3) is 16.8 Å². The molecule has 10 heteroatoms. The molecule has 2 atom stereocenters. The van der Waals surface area contributed by atoms with Crippen molar-refractivity contribution in [1.29, 1.82) is 0 Å². The van der Waals surface area contributed by atoms with Crippen LogP contribution in [0.15, 0.2) is 48.9 Å². The number of aromatic nitrogens is 4. The number of rotatable bonds is 4. The van der Waals surface area contributed by atoms with Crippen molar-refractivity contribution in [3.8, 4) is 11.1 Å². The molecule has 1 spiro atoms. The molecule has 1 aliphatic carbocycles. The zero-order valence-electron chi connectivity index (χ0n) is 22.7. The summed E-state index contributed by atoms with van der Waals surface area (Å²) in [6, 6.07) is 10.5. The van der Waals surface area contributed by atoms with Gasteiger partial charge in [0.15, 0.2) is 0 Å². The van der Waals surface area contributed by atoms with Gasteiger partial charge in [-0.1, -0.05) is 35.9 Å². The third kappa shape index (κ3) is 4.40.